The lowest BCUT2D eigenvalue weighted by Crippen LogP contribution is -1.97. The highest BCUT2D eigenvalue weighted by Crippen LogP contribution is 2.11. The molecule has 0 radical (unpaired) electrons. The first-order chi connectivity index (χ1) is 5.49. The van der Waals surface area contributed by atoms with Crippen molar-refractivity contribution in [3.05, 3.63) is 29.6 Å². The molecule has 0 aliphatic heterocycles. The number of nitrogens with zero attached hydrogens (tertiary/aromatic N) is 1. The first kappa shape index (κ1) is 9.48. The van der Waals surface area contributed by atoms with Crippen LogP contribution in [0.1, 0.15) is 11.1 Å². The molecule has 0 fully saturated rings. The maximum atomic E-state index is 10.7. The molecule has 1 heterocycles. The number of halogens is 1. The molecule has 3 nitrogen and oxygen atoms in total. The van der Waals surface area contributed by atoms with Gasteiger partial charge in [0.15, 0.2) is 0 Å². The lowest BCUT2D eigenvalue weighted by Gasteiger charge is -2.00. The highest BCUT2D eigenvalue weighted by atomic mass is 35.7. The number of rotatable bonds is 2. The van der Waals surface area contributed by atoms with Crippen LogP contribution in [-0.2, 0) is 14.8 Å². The Morgan fingerprint density at radius 1 is 1.58 bits per heavy atom. The topological polar surface area (TPSA) is 47.0 Å². The van der Waals surface area contributed by atoms with Crippen molar-refractivity contribution in [1.82, 2.24) is 4.98 Å². The molecule has 12 heavy (non-hydrogen) atoms. The Morgan fingerprint density at radius 2 is 2.25 bits per heavy atom. The van der Waals surface area contributed by atoms with Crippen molar-refractivity contribution in [3.63, 3.8) is 0 Å². The number of aryl methyl sites for hydroxylation is 1. The van der Waals surface area contributed by atoms with E-state index < -0.39 is 9.05 Å². The highest BCUT2D eigenvalue weighted by molar-refractivity contribution is 8.13. The Kier molecular flexibility index (Phi) is 2.69. The summed E-state index contributed by atoms with van der Waals surface area (Å²) >= 11 is 0. The summed E-state index contributed by atoms with van der Waals surface area (Å²) < 4.78 is 21.4. The third kappa shape index (κ3) is 2.79. The molecule has 1 aromatic heterocycles. The predicted octanol–water partition coefficient (Wildman–Crippen LogP) is 1.46. The molecule has 0 aliphatic carbocycles. The molecule has 1 aromatic rings. The van der Waals surface area contributed by atoms with Crippen molar-refractivity contribution in [3.8, 4) is 0 Å². The first-order valence-electron chi connectivity index (χ1n) is 3.31. The van der Waals surface area contributed by atoms with Crippen molar-refractivity contribution in [1.29, 1.82) is 0 Å². The third-order valence-corrected chi connectivity index (χ3v) is 2.46. The van der Waals surface area contributed by atoms with Crippen LogP contribution in [0.4, 0.5) is 0 Å². The maximum Gasteiger partial charge on any atom is 0.236 e. The molecule has 1 rings (SSSR count). The van der Waals surface area contributed by atoms with Gasteiger partial charge >= 0.3 is 0 Å². The summed E-state index contributed by atoms with van der Waals surface area (Å²) in [5.74, 6) is -0.159. The molecule has 0 aliphatic rings. The molecule has 5 heteroatoms. The molecule has 0 spiro atoms. The number of pyridine rings is 1. The van der Waals surface area contributed by atoms with Crippen LogP contribution in [0, 0.1) is 6.92 Å². The van der Waals surface area contributed by atoms with Gasteiger partial charge < -0.3 is 0 Å². The average Bonchev–Trinajstić information content (AvgIpc) is 1.91. The lowest BCUT2D eigenvalue weighted by molar-refractivity contribution is 0.608. The van der Waals surface area contributed by atoms with Gasteiger partial charge in [-0.05, 0) is 24.1 Å². The second-order valence-corrected chi connectivity index (χ2v) is 5.26. The van der Waals surface area contributed by atoms with E-state index in [9.17, 15) is 8.42 Å². The molecule has 66 valence electrons. The summed E-state index contributed by atoms with van der Waals surface area (Å²) in [6.45, 7) is 1.82. The van der Waals surface area contributed by atoms with Crippen molar-refractivity contribution in [2.24, 2.45) is 0 Å². The molecular formula is C7H8ClNO2S. The van der Waals surface area contributed by atoms with Gasteiger partial charge in [0, 0.05) is 23.1 Å². The van der Waals surface area contributed by atoms with Crippen molar-refractivity contribution < 1.29 is 8.42 Å². The molecule has 0 saturated carbocycles. The summed E-state index contributed by atoms with van der Waals surface area (Å²) in [6, 6.07) is 1.75. The highest BCUT2D eigenvalue weighted by Gasteiger charge is 2.08. The van der Waals surface area contributed by atoms with Gasteiger partial charge in [-0.15, -0.1) is 0 Å². The average molecular weight is 206 g/mol. The van der Waals surface area contributed by atoms with Gasteiger partial charge in [0.2, 0.25) is 9.05 Å². The maximum absolute atomic E-state index is 10.7. The summed E-state index contributed by atoms with van der Waals surface area (Å²) in [6.07, 6.45) is 3.12. The minimum Gasteiger partial charge on any atom is -0.264 e. The van der Waals surface area contributed by atoms with Gasteiger partial charge in [0.25, 0.3) is 0 Å². The molecular weight excluding hydrogens is 198 g/mol. The van der Waals surface area contributed by atoms with Gasteiger partial charge in [0.05, 0.1) is 5.75 Å². The standard InChI is InChI=1S/C7H8ClNO2S/c1-6-2-3-9-4-7(6)5-12(8,10)11/h2-4H,5H2,1H3. The fourth-order valence-corrected chi connectivity index (χ4v) is 1.86. The van der Waals surface area contributed by atoms with E-state index in [2.05, 4.69) is 4.98 Å². The fraction of sp³-hybridized carbons (Fsp3) is 0.286. The zero-order valence-electron chi connectivity index (χ0n) is 6.49. The van der Waals surface area contributed by atoms with Crippen LogP contribution in [0.5, 0.6) is 0 Å². The Hall–Kier alpha value is -0.610. The zero-order valence-corrected chi connectivity index (χ0v) is 8.06. The van der Waals surface area contributed by atoms with E-state index >= 15 is 0 Å². The molecule has 0 amide bonds. The van der Waals surface area contributed by atoms with E-state index in [4.69, 9.17) is 10.7 Å². The van der Waals surface area contributed by atoms with Crippen LogP contribution in [0.2, 0.25) is 0 Å². The summed E-state index contributed by atoms with van der Waals surface area (Å²) in [5.41, 5.74) is 1.53. The van der Waals surface area contributed by atoms with E-state index in [0.717, 1.165) is 5.56 Å². The first-order valence-corrected chi connectivity index (χ1v) is 5.79. The molecule has 0 N–H and O–H groups in total. The van der Waals surface area contributed by atoms with E-state index in [1.54, 1.807) is 12.3 Å². The molecule has 0 aromatic carbocycles. The summed E-state index contributed by atoms with van der Waals surface area (Å²) in [5, 5.41) is 0. The van der Waals surface area contributed by atoms with Crippen molar-refractivity contribution in [2.45, 2.75) is 12.7 Å². The molecule has 0 atom stereocenters. The lowest BCUT2D eigenvalue weighted by atomic mass is 10.2. The predicted molar refractivity (Wildman–Crippen MR) is 47.5 cm³/mol. The smallest absolute Gasteiger partial charge is 0.236 e. The van der Waals surface area contributed by atoms with Gasteiger partial charge in [-0.2, -0.15) is 0 Å². The van der Waals surface area contributed by atoms with Crippen LogP contribution < -0.4 is 0 Å². The largest absolute Gasteiger partial charge is 0.264 e. The number of aromatic nitrogens is 1. The monoisotopic (exact) mass is 205 g/mol. The van der Waals surface area contributed by atoms with E-state index in [-0.39, 0.29) is 5.75 Å². The number of hydrogen-bond donors (Lipinski definition) is 0. The van der Waals surface area contributed by atoms with Crippen molar-refractivity contribution in [2.75, 3.05) is 0 Å². The second-order valence-electron chi connectivity index (χ2n) is 2.49. The van der Waals surface area contributed by atoms with Crippen molar-refractivity contribution >= 4 is 19.7 Å². The Morgan fingerprint density at radius 3 is 2.75 bits per heavy atom. The molecule has 0 saturated heterocycles. The second kappa shape index (κ2) is 3.41. The Balaban J connectivity index is 2.98. The molecule has 0 unspecified atom stereocenters. The van der Waals surface area contributed by atoms with Crippen LogP contribution in [0.15, 0.2) is 18.5 Å². The van der Waals surface area contributed by atoms with Gasteiger partial charge in [-0.25, -0.2) is 8.42 Å². The quantitative estimate of drug-likeness (QED) is 0.687. The number of hydrogen-bond acceptors (Lipinski definition) is 3. The van der Waals surface area contributed by atoms with Crippen LogP contribution in [0.3, 0.4) is 0 Å². The summed E-state index contributed by atoms with van der Waals surface area (Å²) in [4.78, 5) is 3.81. The van der Waals surface area contributed by atoms with Crippen LogP contribution >= 0.6 is 10.7 Å². The Bertz CT molecular complexity index is 375. The third-order valence-electron chi connectivity index (χ3n) is 1.48. The molecule has 0 bridgehead atoms. The van der Waals surface area contributed by atoms with Gasteiger partial charge in [0.1, 0.15) is 0 Å². The fourth-order valence-electron chi connectivity index (χ4n) is 0.834. The minimum absolute atomic E-state index is 0.159. The minimum atomic E-state index is -3.47. The SMILES string of the molecule is Cc1ccncc1CS(=O)(=O)Cl. The van der Waals surface area contributed by atoms with Gasteiger partial charge in [-0.3, -0.25) is 4.98 Å². The van der Waals surface area contributed by atoms with Crippen LogP contribution in [-0.4, -0.2) is 13.4 Å². The normalized spacial score (nSPS) is 11.5. The summed E-state index contributed by atoms with van der Waals surface area (Å²) in [7, 11) is 1.62. The van der Waals surface area contributed by atoms with E-state index in [1.807, 2.05) is 6.92 Å². The zero-order chi connectivity index (χ0) is 9.19. The van der Waals surface area contributed by atoms with Crippen LogP contribution in [0.25, 0.3) is 0 Å². The Labute approximate surface area is 75.8 Å². The van der Waals surface area contributed by atoms with E-state index in [1.165, 1.54) is 6.20 Å². The van der Waals surface area contributed by atoms with Gasteiger partial charge in [-0.1, -0.05) is 0 Å². The van der Waals surface area contributed by atoms with E-state index in [0.29, 0.717) is 5.56 Å².